The van der Waals surface area contributed by atoms with Crippen LogP contribution in [0.4, 0.5) is 4.79 Å². The van der Waals surface area contributed by atoms with Gasteiger partial charge in [-0.2, -0.15) is 0 Å². The molecule has 0 aliphatic carbocycles. The first-order chi connectivity index (χ1) is 9.06. The van der Waals surface area contributed by atoms with Crippen LogP contribution in [0.2, 0.25) is 0 Å². The van der Waals surface area contributed by atoms with E-state index in [2.05, 4.69) is 16.0 Å². The molecule has 1 aromatic rings. The van der Waals surface area contributed by atoms with Gasteiger partial charge < -0.3 is 15.7 Å². The fraction of sp³-hybridized carbons (Fsp3) is 0.385. The third-order valence-corrected chi connectivity index (χ3v) is 2.64. The summed E-state index contributed by atoms with van der Waals surface area (Å²) >= 11 is 0. The lowest BCUT2D eigenvalue weighted by atomic mass is 10.1. The number of imide groups is 1. The van der Waals surface area contributed by atoms with Crippen LogP contribution >= 0.6 is 0 Å². The monoisotopic (exact) mass is 265 g/mol. The highest BCUT2D eigenvalue weighted by Crippen LogP contribution is 2.05. The maximum atomic E-state index is 11.6. The molecule has 6 nitrogen and oxygen atoms in total. The maximum Gasteiger partial charge on any atom is 0.321 e. The quantitative estimate of drug-likeness (QED) is 0.608. The fourth-order valence-electron chi connectivity index (χ4n) is 1.48. The number of rotatable bonds is 5. The largest absolute Gasteiger partial charge is 0.392 e. The number of benzene rings is 1. The van der Waals surface area contributed by atoms with Crippen molar-refractivity contribution >= 4 is 11.9 Å². The molecule has 0 bridgehead atoms. The van der Waals surface area contributed by atoms with Crippen molar-refractivity contribution in [1.29, 1.82) is 0 Å². The Labute approximate surface area is 112 Å². The van der Waals surface area contributed by atoms with Gasteiger partial charge in [-0.1, -0.05) is 24.3 Å². The number of carbonyl (C=O) groups is 2. The van der Waals surface area contributed by atoms with Gasteiger partial charge in [0.25, 0.3) is 0 Å². The van der Waals surface area contributed by atoms with Gasteiger partial charge in [0.15, 0.2) is 0 Å². The fourth-order valence-corrected chi connectivity index (χ4v) is 1.48. The van der Waals surface area contributed by atoms with Crippen molar-refractivity contribution in [3.63, 3.8) is 0 Å². The number of aliphatic hydroxyl groups excluding tert-OH is 1. The molecule has 1 unspecified atom stereocenters. The summed E-state index contributed by atoms with van der Waals surface area (Å²) in [5, 5.41) is 16.5. The standard InChI is InChI=1S/C13H19N3O3/c1-9(12(18)16-13(19)14-2)15-7-10-4-3-5-11(6-10)8-17/h3-6,9,15,17H,7-8H2,1-2H3,(H2,14,16,18,19). The van der Waals surface area contributed by atoms with Gasteiger partial charge in [-0.3, -0.25) is 10.1 Å². The van der Waals surface area contributed by atoms with E-state index in [0.29, 0.717) is 6.54 Å². The number of nitrogens with one attached hydrogen (secondary N) is 3. The predicted molar refractivity (Wildman–Crippen MR) is 71.3 cm³/mol. The second kappa shape index (κ2) is 7.50. The van der Waals surface area contributed by atoms with Crippen molar-refractivity contribution in [3.8, 4) is 0 Å². The maximum absolute atomic E-state index is 11.6. The second-order valence-electron chi connectivity index (χ2n) is 4.15. The average Bonchev–Trinajstić information content (AvgIpc) is 2.44. The Morgan fingerprint density at radius 1 is 1.32 bits per heavy atom. The van der Waals surface area contributed by atoms with Crippen LogP contribution in [0.25, 0.3) is 0 Å². The number of hydrogen-bond acceptors (Lipinski definition) is 4. The Morgan fingerprint density at radius 2 is 2.00 bits per heavy atom. The minimum atomic E-state index is -0.527. The van der Waals surface area contributed by atoms with Crippen LogP contribution in [-0.2, 0) is 17.9 Å². The van der Waals surface area contributed by atoms with Crippen molar-refractivity contribution in [2.45, 2.75) is 26.1 Å². The van der Waals surface area contributed by atoms with Crippen LogP contribution in [0.3, 0.4) is 0 Å². The number of hydrogen-bond donors (Lipinski definition) is 4. The molecule has 0 saturated carbocycles. The SMILES string of the molecule is CNC(=O)NC(=O)C(C)NCc1cccc(CO)c1. The Bertz CT molecular complexity index is 449. The molecule has 0 spiro atoms. The first-order valence-corrected chi connectivity index (χ1v) is 6.01. The normalized spacial score (nSPS) is 11.7. The summed E-state index contributed by atoms with van der Waals surface area (Å²) in [7, 11) is 1.45. The van der Waals surface area contributed by atoms with Crippen molar-refractivity contribution in [2.75, 3.05) is 7.05 Å². The summed E-state index contributed by atoms with van der Waals surface area (Å²) in [6, 6.07) is 6.41. The molecular formula is C13H19N3O3. The van der Waals surface area contributed by atoms with Gasteiger partial charge >= 0.3 is 6.03 Å². The van der Waals surface area contributed by atoms with E-state index in [1.54, 1.807) is 6.92 Å². The number of carbonyl (C=O) groups excluding carboxylic acids is 2. The van der Waals surface area contributed by atoms with Gasteiger partial charge in [0.05, 0.1) is 12.6 Å². The molecule has 19 heavy (non-hydrogen) atoms. The number of urea groups is 1. The Hall–Kier alpha value is -1.92. The van der Waals surface area contributed by atoms with Crippen LogP contribution in [0.5, 0.6) is 0 Å². The zero-order chi connectivity index (χ0) is 14.3. The van der Waals surface area contributed by atoms with E-state index < -0.39 is 18.0 Å². The van der Waals surface area contributed by atoms with Crippen LogP contribution < -0.4 is 16.0 Å². The highest BCUT2D eigenvalue weighted by Gasteiger charge is 2.14. The Balaban J connectivity index is 2.46. The summed E-state index contributed by atoms with van der Waals surface area (Å²) in [5.74, 6) is -0.391. The molecule has 0 fully saturated rings. The van der Waals surface area contributed by atoms with E-state index in [9.17, 15) is 9.59 Å². The molecule has 0 aliphatic heterocycles. The van der Waals surface area contributed by atoms with Gasteiger partial charge in [-0.25, -0.2) is 4.79 Å². The molecule has 3 amide bonds. The first kappa shape index (κ1) is 15.1. The van der Waals surface area contributed by atoms with Crippen molar-refractivity contribution in [3.05, 3.63) is 35.4 Å². The molecule has 1 aromatic carbocycles. The summed E-state index contributed by atoms with van der Waals surface area (Å²) in [6.45, 7) is 2.14. The molecule has 1 atom stereocenters. The highest BCUT2D eigenvalue weighted by molar-refractivity contribution is 5.96. The van der Waals surface area contributed by atoms with Crippen molar-refractivity contribution < 1.29 is 14.7 Å². The van der Waals surface area contributed by atoms with Gasteiger partial charge in [0.2, 0.25) is 5.91 Å². The van der Waals surface area contributed by atoms with E-state index in [0.717, 1.165) is 11.1 Å². The molecule has 0 heterocycles. The van der Waals surface area contributed by atoms with E-state index in [-0.39, 0.29) is 6.61 Å². The van der Waals surface area contributed by atoms with E-state index in [4.69, 9.17) is 5.11 Å². The molecule has 0 aliphatic rings. The lowest BCUT2D eigenvalue weighted by Gasteiger charge is -2.13. The van der Waals surface area contributed by atoms with Gasteiger partial charge in [-0.05, 0) is 18.1 Å². The molecule has 0 radical (unpaired) electrons. The lowest BCUT2D eigenvalue weighted by molar-refractivity contribution is -0.121. The third kappa shape index (κ3) is 5.07. The average molecular weight is 265 g/mol. The number of amides is 3. The van der Waals surface area contributed by atoms with E-state index in [1.165, 1.54) is 7.05 Å². The summed E-state index contributed by atoms with van der Waals surface area (Å²) in [5.41, 5.74) is 1.79. The summed E-state index contributed by atoms with van der Waals surface area (Å²) in [6.07, 6.45) is 0. The van der Waals surface area contributed by atoms with Crippen molar-refractivity contribution in [2.24, 2.45) is 0 Å². The van der Waals surface area contributed by atoms with Gasteiger partial charge in [0, 0.05) is 13.6 Å². The molecule has 104 valence electrons. The smallest absolute Gasteiger partial charge is 0.321 e. The molecule has 1 rings (SSSR count). The molecule has 6 heteroatoms. The topological polar surface area (TPSA) is 90.5 Å². The molecule has 0 aromatic heterocycles. The van der Waals surface area contributed by atoms with Crippen LogP contribution in [0, 0.1) is 0 Å². The van der Waals surface area contributed by atoms with Crippen LogP contribution in [-0.4, -0.2) is 30.1 Å². The predicted octanol–water partition coefficient (Wildman–Crippen LogP) is 0.113. The zero-order valence-electron chi connectivity index (χ0n) is 11.1. The summed E-state index contributed by atoms with van der Waals surface area (Å²) < 4.78 is 0. The van der Waals surface area contributed by atoms with Crippen molar-refractivity contribution in [1.82, 2.24) is 16.0 Å². The second-order valence-corrected chi connectivity index (χ2v) is 4.15. The molecular weight excluding hydrogens is 246 g/mol. The Kier molecular flexibility index (Phi) is 5.98. The van der Waals surface area contributed by atoms with Crippen LogP contribution in [0.15, 0.2) is 24.3 Å². The zero-order valence-corrected chi connectivity index (χ0v) is 11.1. The highest BCUT2D eigenvalue weighted by atomic mass is 16.3. The first-order valence-electron chi connectivity index (χ1n) is 6.01. The Morgan fingerprint density at radius 3 is 2.63 bits per heavy atom. The van der Waals surface area contributed by atoms with Gasteiger partial charge in [0.1, 0.15) is 0 Å². The minimum absolute atomic E-state index is 0.0133. The third-order valence-electron chi connectivity index (χ3n) is 2.64. The summed E-state index contributed by atoms with van der Waals surface area (Å²) in [4.78, 5) is 22.6. The lowest BCUT2D eigenvalue weighted by Crippen LogP contribution is -2.47. The number of aliphatic hydroxyl groups is 1. The molecule has 4 N–H and O–H groups in total. The van der Waals surface area contributed by atoms with Gasteiger partial charge in [-0.15, -0.1) is 0 Å². The van der Waals surface area contributed by atoms with Crippen LogP contribution in [0.1, 0.15) is 18.1 Å². The molecule has 0 saturated heterocycles. The minimum Gasteiger partial charge on any atom is -0.392 e. The van der Waals surface area contributed by atoms with E-state index in [1.807, 2.05) is 24.3 Å². The van der Waals surface area contributed by atoms with E-state index >= 15 is 0 Å².